The number of hydrogen-bond donors (Lipinski definition) is 1. The highest BCUT2D eigenvalue weighted by Gasteiger charge is 2.29. The molecule has 0 aromatic carbocycles. The van der Waals surface area contributed by atoms with Gasteiger partial charge in [0.15, 0.2) is 5.82 Å². The minimum absolute atomic E-state index is 0.388. The van der Waals surface area contributed by atoms with Gasteiger partial charge < -0.3 is 14.6 Å². The number of aromatic amines is 1. The largest absolute Gasteiger partial charge is 0.378 e. The average Bonchev–Trinajstić information content (AvgIpc) is 3.55. The van der Waals surface area contributed by atoms with E-state index in [2.05, 4.69) is 31.9 Å². The van der Waals surface area contributed by atoms with Gasteiger partial charge in [0.05, 0.1) is 23.8 Å². The number of rotatable bonds is 6. The van der Waals surface area contributed by atoms with E-state index >= 15 is 0 Å². The van der Waals surface area contributed by atoms with Crippen molar-refractivity contribution in [1.82, 2.24) is 29.1 Å². The van der Waals surface area contributed by atoms with Gasteiger partial charge in [0.2, 0.25) is 10.0 Å². The minimum atomic E-state index is -3.21. The molecular weight excluding hydrogens is 510 g/mol. The van der Waals surface area contributed by atoms with Crippen molar-refractivity contribution in [3.05, 3.63) is 35.5 Å². The van der Waals surface area contributed by atoms with Crippen LogP contribution in [0.3, 0.4) is 0 Å². The van der Waals surface area contributed by atoms with Crippen LogP contribution in [0.25, 0.3) is 32.6 Å². The Bertz CT molecular complexity index is 1520. The van der Waals surface area contributed by atoms with Crippen molar-refractivity contribution < 1.29 is 13.2 Å². The maximum absolute atomic E-state index is 12.5. The second-order valence-electron chi connectivity index (χ2n) is 9.81. The Balaban J connectivity index is 1.29. The van der Waals surface area contributed by atoms with E-state index in [1.807, 2.05) is 18.5 Å². The highest BCUT2D eigenvalue weighted by Crippen LogP contribution is 2.34. The molecule has 6 rings (SSSR count). The molecule has 4 aromatic heterocycles. The molecule has 0 bridgehead atoms. The summed E-state index contributed by atoms with van der Waals surface area (Å²) >= 11 is 1.69. The molecule has 0 unspecified atom stereocenters. The van der Waals surface area contributed by atoms with Crippen LogP contribution in [-0.4, -0.2) is 95.3 Å². The maximum atomic E-state index is 12.5. The van der Waals surface area contributed by atoms with Gasteiger partial charge in [-0.2, -0.15) is 4.31 Å². The first-order valence-corrected chi connectivity index (χ1v) is 15.0. The molecule has 10 nitrogen and oxygen atoms in total. The Morgan fingerprint density at radius 3 is 2.62 bits per heavy atom. The smallest absolute Gasteiger partial charge is 0.216 e. The summed E-state index contributed by atoms with van der Waals surface area (Å²) < 4.78 is 32.3. The molecule has 2 aliphatic rings. The fourth-order valence-corrected chi connectivity index (χ4v) is 7.24. The SMILES string of the molecule is CC(C)S(=O)(=O)N1CCN(Cc2cc3c(N4CCOCC4)nc(-c4cnc5[nH]ccc5c4)nc3s2)CC1. The molecule has 0 amide bonds. The standard InChI is InChI=1S/C25H31N7O3S2/c1-17(2)37(33,34)32-7-5-30(6-8-32)16-20-14-21-24(31-9-11-35-12-10-31)28-23(29-25(21)36-20)19-13-18-3-4-26-22(18)27-15-19/h3-4,13-15,17H,5-12,16H2,1-2H3,(H,26,27). The van der Waals surface area contributed by atoms with E-state index in [0.717, 1.165) is 65.4 Å². The number of nitrogens with one attached hydrogen (secondary N) is 1. The zero-order valence-corrected chi connectivity index (χ0v) is 22.7. The molecule has 0 atom stereocenters. The third kappa shape index (κ3) is 4.84. The van der Waals surface area contributed by atoms with Crippen molar-refractivity contribution in [3.8, 4) is 11.4 Å². The maximum Gasteiger partial charge on any atom is 0.216 e. The number of pyridine rings is 1. The number of piperazine rings is 1. The third-order valence-electron chi connectivity index (χ3n) is 7.06. The van der Waals surface area contributed by atoms with E-state index in [1.165, 1.54) is 4.88 Å². The molecule has 0 radical (unpaired) electrons. The fraction of sp³-hybridized carbons (Fsp3) is 0.480. The van der Waals surface area contributed by atoms with E-state index in [1.54, 1.807) is 29.5 Å². The lowest BCUT2D eigenvalue weighted by Gasteiger charge is -2.34. The molecular formula is C25H31N7O3S2. The lowest BCUT2D eigenvalue weighted by Crippen LogP contribution is -2.49. The summed E-state index contributed by atoms with van der Waals surface area (Å²) in [6.45, 7) is 9.69. The fourth-order valence-electron chi connectivity index (χ4n) is 4.90. The quantitative estimate of drug-likeness (QED) is 0.397. The zero-order chi connectivity index (χ0) is 25.6. The summed E-state index contributed by atoms with van der Waals surface area (Å²) in [4.78, 5) is 24.4. The van der Waals surface area contributed by atoms with Gasteiger partial charge in [0.1, 0.15) is 16.3 Å². The van der Waals surface area contributed by atoms with Crippen LogP contribution < -0.4 is 4.90 Å². The molecule has 2 aliphatic heterocycles. The van der Waals surface area contributed by atoms with Crippen molar-refractivity contribution in [2.24, 2.45) is 0 Å². The molecule has 12 heteroatoms. The molecule has 0 spiro atoms. The van der Waals surface area contributed by atoms with Gasteiger partial charge in [0.25, 0.3) is 0 Å². The van der Waals surface area contributed by atoms with Crippen molar-refractivity contribution in [3.63, 3.8) is 0 Å². The number of sulfonamides is 1. The minimum Gasteiger partial charge on any atom is -0.378 e. The van der Waals surface area contributed by atoms with Gasteiger partial charge in [0, 0.05) is 74.0 Å². The first-order valence-electron chi connectivity index (χ1n) is 12.7. The molecule has 0 saturated carbocycles. The summed E-state index contributed by atoms with van der Waals surface area (Å²) in [5.41, 5.74) is 1.74. The Morgan fingerprint density at radius 1 is 1.08 bits per heavy atom. The summed E-state index contributed by atoms with van der Waals surface area (Å²) in [7, 11) is -3.21. The summed E-state index contributed by atoms with van der Waals surface area (Å²) in [5, 5.41) is 1.70. The van der Waals surface area contributed by atoms with Crippen molar-refractivity contribution >= 4 is 48.4 Å². The van der Waals surface area contributed by atoms with E-state index in [-0.39, 0.29) is 5.25 Å². The topological polar surface area (TPSA) is 108 Å². The molecule has 2 fully saturated rings. The number of ether oxygens (including phenoxy) is 1. The van der Waals surface area contributed by atoms with Crippen LogP contribution in [0.4, 0.5) is 5.82 Å². The van der Waals surface area contributed by atoms with Gasteiger partial charge in [-0.3, -0.25) is 4.90 Å². The monoisotopic (exact) mass is 541 g/mol. The number of hydrogen-bond acceptors (Lipinski definition) is 9. The average molecular weight is 542 g/mol. The summed E-state index contributed by atoms with van der Waals surface area (Å²) in [6.07, 6.45) is 3.70. The lowest BCUT2D eigenvalue weighted by atomic mass is 10.2. The van der Waals surface area contributed by atoms with Crippen molar-refractivity contribution in [1.29, 1.82) is 0 Å². The van der Waals surface area contributed by atoms with Crippen LogP contribution >= 0.6 is 11.3 Å². The van der Waals surface area contributed by atoms with Crippen LogP contribution in [0.5, 0.6) is 0 Å². The third-order valence-corrected chi connectivity index (χ3v) is 10.3. The van der Waals surface area contributed by atoms with Gasteiger partial charge in [-0.05, 0) is 32.0 Å². The van der Waals surface area contributed by atoms with E-state index in [9.17, 15) is 8.42 Å². The number of morpholine rings is 1. The van der Waals surface area contributed by atoms with Crippen LogP contribution in [-0.2, 0) is 21.3 Å². The molecule has 6 heterocycles. The highest BCUT2D eigenvalue weighted by molar-refractivity contribution is 7.89. The van der Waals surface area contributed by atoms with Crippen LogP contribution in [0.1, 0.15) is 18.7 Å². The van der Waals surface area contributed by atoms with E-state index in [0.29, 0.717) is 32.1 Å². The molecule has 0 aliphatic carbocycles. The molecule has 37 heavy (non-hydrogen) atoms. The van der Waals surface area contributed by atoms with Crippen LogP contribution in [0.15, 0.2) is 30.6 Å². The molecule has 4 aromatic rings. The zero-order valence-electron chi connectivity index (χ0n) is 21.1. The normalized spacial score (nSPS) is 18.4. The van der Waals surface area contributed by atoms with Crippen molar-refractivity contribution in [2.45, 2.75) is 25.6 Å². The number of thiophene rings is 1. The molecule has 1 N–H and O–H groups in total. The van der Waals surface area contributed by atoms with Crippen LogP contribution in [0, 0.1) is 0 Å². The van der Waals surface area contributed by atoms with Crippen LogP contribution in [0.2, 0.25) is 0 Å². The molecule has 196 valence electrons. The number of aromatic nitrogens is 4. The molecule has 2 saturated heterocycles. The van der Waals surface area contributed by atoms with E-state index < -0.39 is 10.0 Å². The Kier molecular flexibility index (Phi) is 6.61. The van der Waals surface area contributed by atoms with Crippen molar-refractivity contribution in [2.75, 3.05) is 57.4 Å². The Morgan fingerprint density at radius 2 is 1.86 bits per heavy atom. The number of anilines is 1. The summed E-state index contributed by atoms with van der Waals surface area (Å²) in [6, 6.07) is 6.28. The highest BCUT2D eigenvalue weighted by atomic mass is 32.2. The van der Waals surface area contributed by atoms with Gasteiger partial charge in [-0.1, -0.05) is 0 Å². The van der Waals surface area contributed by atoms with Gasteiger partial charge in [-0.25, -0.2) is 23.4 Å². The number of H-pyrrole nitrogens is 1. The first-order chi connectivity index (χ1) is 17.9. The second-order valence-corrected chi connectivity index (χ2v) is 13.4. The summed E-state index contributed by atoms with van der Waals surface area (Å²) in [5.74, 6) is 1.61. The second kappa shape index (κ2) is 9.91. The number of nitrogens with zero attached hydrogens (tertiary/aromatic N) is 6. The predicted molar refractivity (Wildman–Crippen MR) is 146 cm³/mol. The Hall–Kier alpha value is -2.64. The van der Waals surface area contributed by atoms with E-state index in [4.69, 9.17) is 14.7 Å². The van der Waals surface area contributed by atoms with Gasteiger partial charge >= 0.3 is 0 Å². The first kappa shape index (κ1) is 24.7. The van der Waals surface area contributed by atoms with Gasteiger partial charge in [-0.15, -0.1) is 11.3 Å². The lowest BCUT2D eigenvalue weighted by molar-refractivity contribution is 0.122. The predicted octanol–water partition coefficient (Wildman–Crippen LogP) is 2.93. The Labute approximate surface area is 220 Å². The number of fused-ring (bicyclic) bond motifs is 2.